The summed E-state index contributed by atoms with van der Waals surface area (Å²) >= 11 is 0. The Morgan fingerprint density at radius 3 is 2.38 bits per heavy atom. The first-order chi connectivity index (χ1) is 11.5. The third-order valence-corrected chi connectivity index (χ3v) is 4.04. The number of hydrogen-bond donors (Lipinski definition) is 1. The largest absolute Gasteiger partial charge is 0.399 e. The summed E-state index contributed by atoms with van der Waals surface area (Å²) in [5, 5.41) is 8.37. The molecule has 0 radical (unpaired) electrons. The number of nitrogens with zero attached hydrogens (tertiary/aromatic N) is 4. The zero-order valence-electron chi connectivity index (χ0n) is 13.9. The number of hydrogen-bond acceptors (Lipinski definition) is 4. The lowest BCUT2D eigenvalue weighted by molar-refractivity contribution is 0.630. The minimum atomic E-state index is -0.197. The molecular weight excluding hydrogens is 302 g/mol. The van der Waals surface area contributed by atoms with Gasteiger partial charge in [-0.25, -0.2) is 4.68 Å². The van der Waals surface area contributed by atoms with Crippen LogP contribution < -0.4 is 11.3 Å². The van der Waals surface area contributed by atoms with Gasteiger partial charge >= 0.3 is 0 Å². The van der Waals surface area contributed by atoms with E-state index in [1.165, 1.54) is 0 Å². The van der Waals surface area contributed by atoms with E-state index < -0.39 is 0 Å². The summed E-state index contributed by atoms with van der Waals surface area (Å²) in [6.45, 7) is 3.76. The minimum absolute atomic E-state index is 0.197. The Kier molecular flexibility index (Phi) is 4.04. The van der Waals surface area contributed by atoms with E-state index in [1.807, 2.05) is 57.3 Å². The van der Waals surface area contributed by atoms with E-state index >= 15 is 0 Å². The Morgan fingerprint density at radius 2 is 1.71 bits per heavy atom. The molecule has 2 N–H and O–H groups in total. The first kappa shape index (κ1) is 15.7. The second kappa shape index (κ2) is 6.16. The van der Waals surface area contributed by atoms with Crippen LogP contribution >= 0.6 is 0 Å². The molecule has 0 spiro atoms. The highest BCUT2D eigenvalue weighted by Crippen LogP contribution is 2.23. The van der Waals surface area contributed by atoms with Crippen molar-refractivity contribution >= 4 is 17.1 Å². The molecule has 0 bridgehead atoms. The Labute approximate surface area is 139 Å². The van der Waals surface area contributed by atoms with E-state index in [0.717, 1.165) is 16.9 Å². The average Bonchev–Trinajstić information content (AvgIpc) is 2.79. The molecule has 0 aliphatic carbocycles. The van der Waals surface area contributed by atoms with Crippen molar-refractivity contribution in [3.05, 3.63) is 70.1 Å². The van der Waals surface area contributed by atoms with Gasteiger partial charge in [-0.3, -0.25) is 9.48 Å². The summed E-state index contributed by atoms with van der Waals surface area (Å²) in [7, 11) is 1.83. The zero-order valence-corrected chi connectivity index (χ0v) is 13.9. The topological polar surface area (TPSA) is 77.7 Å². The van der Waals surface area contributed by atoms with Crippen LogP contribution in [0.25, 0.3) is 5.69 Å². The van der Waals surface area contributed by atoms with Crippen LogP contribution in [0.4, 0.5) is 17.1 Å². The lowest BCUT2D eigenvalue weighted by Crippen LogP contribution is -2.19. The fourth-order valence-electron chi connectivity index (χ4n) is 2.50. The summed E-state index contributed by atoms with van der Waals surface area (Å²) in [6.07, 6.45) is 0. The summed E-state index contributed by atoms with van der Waals surface area (Å²) in [5.74, 6) is 0. The van der Waals surface area contributed by atoms with E-state index in [1.54, 1.807) is 21.5 Å². The van der Waals surface area contributed by atoms with E-state index in [-0.39, 0.29) is 5.56 Å². The SMILES string of the molecule is Cc1cc(N=Nc2c(C)n(C)n(-c3ccccc3)c2=O)ccc1N. The van der Waals surface area contributed by atoms with Crippen molar-refractivity contribution in [2.24, 2.45) is 17.3 Å². The molecule has 0 atom stereocenters. The molecule has 3 rings (SSSR count). The van der Waals surface area contributed by atoms with Gasteiger partial charge in [-0.2, -0.15) is 5.11 Å². The molecule has 0 fully saturated rings. The van der Waals surface area contributed by atoms with E-state index in [0.29, 0.717) is 17.1 Å². The number of nitrogens with two attached hydrogens (primary N) is 1. The molecule has 0 unspecified atom stereocenters. The average molecular weight is 321 g/mol. The van der Waals surface area contributed by atoms with Gasteiger partial charge in [0.15, 0.2) is 5.69 Å². The Hall–Kier alpha value is -3.15. The van der Waals surface area contributed by atoms with Gasteiger partial charge in [0.05, 0.1) is 17.1 Å². The van der Waals surface area contributed by atoms with Crippen LogP contribution in [0.2, 0.25) is 0 Å². The number of anilines is 1. The van der Waals surface area contributed by atoms with E-state index in [4.69, 9.17) is 5.73 Å². The molecule has 2 aromatic carbocycles. The van der Waals surface area contributed by atoms with Crippen molar-refractivity contribution in [2.45, 2.75) is 13.8 Å². The number of para-hydroxylation sites is 1. The molecule has 0 aliphatic heterocycles. The van der Waals surface area contributed by atoms with Crippen LogP contribution in [0.1, 0.15) is 11.3 Å². The van der Waals surface area contributed by atoms with Gasteiger partial charge in [0.1, 0.15) is 0 Å². The van der Waals surface area contributed by atoms with Crippen molar-refractivity contribution < 1.29 is 0 Å². The molecule has 1 aromatic heterocycles. The molecule has 6 heteroatoms. The Balaban J connectivity index is 2.05. The summed E-state index contributed by atoms with van der Waals surface area (Å²) in [5.41, 5.74) is 9.77. The summed E-state index contributed by atoms with van der Waals surface area (Å²) in [4.78, 5) is 12.7. The maximum absolute atomic E-state index is 12.7. The molecule has 3 aromatic rings. The highest BCUT2D eigenvalue weighted by Gasteiger charge is 2.15. The molecule has 0 saturated carbocycles. The maximum atomic E-state index is 12.7. The quantitative estimate of drug-likeness (QED) is 0.588. The second-order valence-corrected chi connectivity index (χ2v) is 5.65. The van der Waals surface area contributed by atoms with E-state index in [9.17, 15) is 4.79 Å². The van der Waals surface area contributed by atoms with Crippen LogP contribution in [-0.2, 0) is 7.05 Å². The number of benzene rings is 2. The molecule has 24 heavy (non-hydrogen) atoms. The second-order valence-electron chi connectivity index (χ2n) is 5.65. The van der Waals surface area contributed by atoms with Crippen LogP contribution in [0.15, 0.2) is 63.6 Å². The van der Waals surface area contributed by atoms with Gasteiger partial charge in [-0.1, -0.05) is 18.2 Å². The molecule has 6 nitrogen and oxygen atoms in total. The van der Waals surface area contributed by atoms with Gasteiger partial charge in [0.25, 0.3) is 5.56 Å². The number of rotatable bonds is 3. The van der Waals surface area contributed by atoms with Gasteiger partial charge < -0.3 is 5.73 Å². The zero-order chi connectivity index (χ0) is 17.3. The number of nitrogen functional groups attached to an aromatic ring is 1. The number of aryl methyl sites for hydroxylation is 1. The maximum Gasteiger partial charge on any atom is 0.299 e. The van der Waals surface area contributed by atoms with Crippen LogP contribution in [0.5, 0.6) is 0 Å². The third-order valence-electron chi connectivity index (χ3n) is 4.04. The molecule has 122 valence electrons. The van der Waals surface area contributed by atoms with Crippen LogP contribution in [0, 0.1) is 13.8 Å². The van der Waals surface area contributed by atoms with Gasteiger partial charge in [-0.05, 0) is 49.7 Å². The molecule has 1 heterocycles. The molecule has 0 saturated heterocycles. The van der Waals surface area contributed by atoms with Gasteiger partial charge in [0.2, 0.25) is 0 Å². The predicted octanol–water partition coefficient (Wildman–Crippen LogP) is 3.79. The lowest BCUT2D eigenvalue weighted by atomic mass is 10.2. The highest BCUT2D eigenvalue weighted by atomic mass is 16.1. The lowest BCUT2D eigenvalue weighted by Gasteiger charge is -2.07. The van der Waals surface area contributed by atoms with Crippen molar-refractivity contribution in [2.75, 3.05) is 5.73 Å². The van der Waals surface area contributed by atoms with E-state index in [2.05, 4.69) is 10.2 Å². The minimum Gasteiger partial charge on any atom is -0.399 e. The Morgan fingerprint density at radius 1 is 1.00 bits per heavy atom. The predicted molar refractivity (Wildman–Crippen MR) is 95.5 cm³/mol. The standard InChI is InChI=1S/C18H19N5O/c1-12-11-14(9-10-16(12)19)20-21-17-13(2)22(3)23(18(17)24)15-7-5-4-6-8-15/h4-11H,19H2,1-3H3. The third kappa shape index (κ3) is 2.74. The van der Waals surface area contributed by atoms with Crippen molar-refractivity contribution in [3.63, 3.8) is 0 Å². The fraction of sp³-hybridized carbons (Fsp3) is 0.167. The van der Waals surface area contributed by atoms with Crippen molar-refractivity contribution in [3.8, 4) is 5.69 Å². The van der Waals surface area contributed by atoms with Crippen LogP contribution in [0.3, 0.4) is 0 Å². The normalized spacial score (nSPS) is 11.3. The number of azo groups is 1. The first-order valence-electron chi connectivity index (χ1n) is 7.61. The first-order valence-corrected chi connectivity index (χ1v) is 7.61. The molecule has 0 amide bonds. The number of aromatic nitrogens is 2. The summed E-state index contributed by atoms with van der Waals surface area (Å²) in [6, 6.07) is 14.9. The van der Waals surface area contributed by atoms with Crippen molar-refractivity contribution in [1.82, 2.24) is 9.36 Å². The smallest absolute Gasteiger partial charge is 0.299 e. The van der Waals surface area contributed by atoms with Gasteiger partial charge in [-0.15, -0.1) is 5.11 Å². The molecule has 0 aliphatic rings. The monoisotopic (exact) mass is 321 g/mol. The Bertz CT molecular complexity index is 967. The highest BCUT2D eigenvalue weighted by molar-refractivity contribution is 5.54. The molecular formula is C18H19N5O. The fourth-order valence-corrected chi connectivity index (χ4v) is 2.50. The summed E-state index contributed by atoms with van der Waals surface area (Å²) < 4.78 is 3.36. The van der Waals surface area contributed by atoms with Crippen molar-refractivity contribution in [1.29, 1.82) is 0 Å². The van der Waals surface area contributed by atoms with Gasteiger partial charge in [0, 0.05) is 12.7 Å². The van der Waals surface area contributed by atoms with Crippen LogP contribution in [-0.4, -0.2) is 9.36 Å².